The van der Waals surface area contributed by atoms with E-state index in [2.05, 4.69) is 10.1 Å². The van der Waals surface area contributed by atoms with E-state index >= 15 is 0 Å². The van der Waals surface area contributed by atoms with E-state index in [1.165, 1.54) is 37.6 Å². The van der Waals surface area contributed by atoms with Gasteiger partial charge in [0.25, 0.3) is 0 Å². The van der Waals surface area contributed by atoms with Gasteiger partial charge < -0.3 is 23.9 Å². The van der Waals surface area contributed by atoms with Gasteiger partial charge in [0.15, 0.2) is 0 Å². The lowest BCUT2D eigenvalue weighted by Gasteiger charge is -2.34. The molecule has 1 atom stereocenters. The molecule has 1 aliphatic heterocycles. The number of para-hydroxylation sites is 1. The van der Waals surface area contributed by atoms with Crippen molar-refractivity contribution >= 4 is 33.4 Å². The van der Waals surface area contributed by atoms with Crippen molar-refractivity contribution in [2.45, 2.75) is 64.7 Å². The number of piperidine rings is 1. The zero-order valence-corrected chi connectivity index (χ0v) is 25.1. The Balaban J connectivity index is 1.65. The van der Waals surface area contributed by atoms with E-state index in [4.69, 9.17) is 13.9 Å². The van der Waals surface area contributed by atoms with Crippen LogP contribution in [-0.4, -0.2) is 63.0 Å². The molecule has 0 aliphatic carbocycles. The first kappa shape index (κ1) is 29.5. The van der Waals surface area contributed by atoms with Crippen molar-refractivity contribution in [1.29, 1.82) is 0 Å². The molecule has 4 heterocycles. The lowest BCUT2D eigenvalue weighted by Crippen LogP contribution is -2.40. The molecule has 0 saturated carbocycles. The first-order valence-electron chi connectivity index (χ1n) is 13.7. The number of likely N-dealkylation sites (tertiary alicyclic amines) is 1. The van der Waals surface area contributed by atoms with Crippen molar-refractivity contribution < 1.29 is 28.6 Å². The third-order valence-corrected chi connectivity index (χ3v) is 9.14. The maximum Gasteiger partial charge on any atom is 0.315 e. The van der Waals surface area contributed by atoms with Gasteiger partial charge >= 0.3 is 5.97 Å². The Kier molecular flexibility index (Phi) is 8.20. The number of aliphatic carboxylic acids is 1. The number of carbonyl (C=O) groups excluding carboxylic acids is 1. The number of amides is 1. The van der Waals surface area contributed by atoms with Crippen LogP contribution >= 0.6 is 11.3 Å². The normalized spacial score (nSPS) is 15.2. The van der Waals surface area contributed by atoms with E-state index in [-0.39, 0.29) is 24.2 Å². The predicted octanol–water partition coefficient (Wildman–Crippen LogP) is 4.56. The fourth-order valence-corrected chi connectivity index (χ4v) is 6.50. The monoisotopic (exact) mass is 594 g/mol. The lowest BCUT2D eigenvalue weighted by atomic mass is 9.88. The van der Waals surface area contributed by atoms with Crippen LogP contribution in [0.5, 0.6) is 5.75 Å². The predicted molar refractivity (Wildman–Crippen MR) is 157 cm³/mol. The summed E-state index contributed by atoms with van der Waals surface area (Å²) in [6.45, 7) is 7.69. The van der Waals surface area contributed by atoms with Crippen molar-refractivity contribution in [2.24, 2.45) is 0 Å². The summed E-state index contributed by atoms with van der Waals surface area (Å²) in [4.78, 5) is 45.3. The summed E-state index contributed by atoms with van der Waals surface area (Å²) in [5, 5.41) is 15.1. The number of methoxy groups -OCH3 is 1. The first-order valence-corrected chi connectivity index (χ1v) is 14.6. The molecular formula is C30H34N4O7S. The molecule has 4 aromatic rings. The zero-order chi connectivity index (χ0) is 30.2. The van der Waals surface area contributed by atoms with Gasteiger partial charge in [0.2, 0.25) is 17.2 Å². The molecule has 1 fully saturated rings. The third-order valence-electron chi connectivity index (χ3n) is 7.85. The second-order valence-electron chi connectivity index (χ2n) is 10.9. The molecule has 12 heteroatoms. The summed E-state index contributed by atoms with van der Waals surface area (Å²) >= 11 is 1.31. The van der Waals surface area contributed by atoms with Gasteiger partial charge in [-0.3, -0.25) is 19.1 Å². The SMILES string of the molecule is COc1ccccc1[C@H](Cn1nc(C(C)(C)C(=O)O)c(=O)c2c(C)c(-c3ncco3)sc21)OC1CCN(C(C)=O)CC1. The molecule has 0 unspecified atom stereocenters. The van der Waals surface area contributed by atoms with Crippen LogP contribution in [0.25, 0.3) is 21.0 Å². The van der Waals surface area contributed by atoms with Gasteiger partial charge in [0, 0.05) is 25.6 Å². The molecular weight excluding hydrogens is 560 g/mol. The van der Waals surface area contributed by atoms with E-state index in [0.717, 1.165) is 5.56 Å². The number of rotatable bonds is 9. The topological polar surface area (TPSA) is 137 Å². The van der Waals surface area contributed by atoms with Crippen LogP contribution in [0, 0.1) is 6.92 Å². The molecule has 42 heavy (non-hydrogen) atoms. The molecule has 1 aromatic carbocycles. The molecule has 1 saturated heterocycles. The third kappa shape index (κ3) is 5.43. The van der Waals surface area contributed by atoms with Crippen LogP contribution in [0.4, 0.5) is 0 Å². The van der Waals surface area contributed by atoms with Gasteiger partial charge in [-0.15, -0.1) is 11.3 Å². The maximum atomic E-state index is 13.8. The van der Waals surface area contributed by atoms with Crippen LogP contribution in [0.15, 0.2) is 45.9 Å². The van der Waals surface area contributed by atoms with E-state index in [9.17, 15) is 19.5 Å². The molecule has 0 spiro atoms. The number of thiophene rings is 1. The fourth-order valence-electron chi connectivity index (χ4n) is 5.29. The molecule has 1 amide bonds. The Labute approximate surface area is 246 Å². The molecule has 1 aliphatic rings. The van der Waals surface area contributed by atoms with Gasteiger partial charge in [-0.1, -0.05) is 18.2 Å². The number of carboxylic acids is 1. The molecule has 3 aromatic heterocycles. The Morgan fingerprint density at radius 3 is 2.57 bits per heavy atom. The summed E-state index contributed by atoms with van der Waals surface area (Å²) in [6.07, 6.45) is 3.65. The number of oxazole rings is 1. The average molecular weight is 595 g/mol. The Hall–Kier alpha value is -4.03. The summed E-state index contributed by atoms with van der Waals surface area (Å²) in [5.41, 5.74) is -0.622. The standard InChI is InChI=1S/C30H34N4O7S/c1-17-23-24(36)26(30(3,4)29(37)38)32-34(28(23)42-25(17)27-31-12-15-40-27)16-22(20-8-6-7-9-21(20)39-5)41-19-10-13-33(14-11-19)18(2)35/h6-9,12,15,19,22H,10-11,13-14,16H2,1-5H3,(H,37,38)/t22-/m0/s1. The smallest absolute Gasteiger partial charge is 0.315 e. The van der Waals surface area contributed by atoms with Gasteiger partial charge in [0.1, 0.15) is 34.1 Å². The number of benzene rings is 1. The number of carboxylic acid groups (broad SMARTS) is 1. The largest absolute Gasteiger partial charge is 0.496 e. The Morgan fingerprint density at radius 1 is 1.24 bits per heavy atom. The molecule has 222 valence electrons. The van der Waals surface area contributed by atoms with E-state index < -0.39 is 22.9 Å². The number of hydrogen-bond acceptors (Lipinski definition) is 9. The van der Waals surface area contributed by atoms with Crippen molar-refractivity contribution in [3.63, 3.8) is 0 Å². The maximum absolute atomic E-state index is 13.8. The minimum atomic E-state index is -1.55. The second-order valence-corrected chi connectivity index (χ2v) is 11.9. The van der Waals surface area contributed by atoms with Crippen molar-refractivity contribution in [2.75, 3.05) is 20.2 Å². The van der Waals surface area contributed by atoms with Crippen LogP contribution in [0.3, 0.4) is 0 Å². The summed E-state index contributed by atoms with van der Waals surface area (Å²) in [5.74, 6) is -0.116. The molecule has 0 bridgehead atoms. The number of fused-ring (bicyclic) bond motifs is 1. The van der Waals surface area contributed by atoms with Crippen molar-refractivity contribution in [3.05, 3.63) is 63.8 Å². The molecule has 1 N–H and O–H groups in total. The summed E-state index contributed by atoms with van der Waals surface area (Å²) in [7, 11) is 1.59. The average Bonchev–Trinajstić information content (AvgIpc) is 3.62. The minimum Gasteiger partial charge on any atom is -0.496 e. The Bertz CT molecular complexity index is 1670. The first-order chi connectivity index (χ1) is 20.0. The number of hydrogen-bond donors (Lipinski definition) is 1. The highest BCUT2D eigenvalue weighted by Gasteiger charge is 2.37. The minimum absolute atomic E-state index is 0.0399. The fraction of sp³-hybridized carbons (Fsp3) is 0.433. The van der Waals surface area contributed by atoms with Gasteiger partial charge in [-0.05, 0) is 45.2 Å². The number of nitrogens with zero attached hydrogens (tertiary/aromatic N) is 4. The number of aromatic nitrogens is 3. The van der Waals surface area contributed by atoms with Crippen LogP contribution in [-0.2, 0) is 26.3 Å². The van der Waals surface area contributed by atoms with Crippen LogP contribution < -0.4 is 10.2 Å². The highest BCUT2D eigenvalue weighted by Crippen LogP contribution is 2.38. The highest BCUT2D eigenvalue weighted by atomic mass is 32.1. The van der Waals surface area contributed by atoms with Gasteiger partial charge in [-0.25, -0.2) is 4.98 Å². The zero-order valence-electron chi connectivity index (χ0n) is 24.2. The van der Waals surface area contributed by atoms with Crippen molar-refractivity contribution in [3.8, 4) is 16.5 Å². The van der Waals surface area contributed by atoms with Crippen LogP contribution in [0.1, 0.15) is 56.5 Å². The number of ether oxygens (including phenoxy) is 2. The quantitative estimate of drug-likeness (QED) is 0.296. The molecule has 0 radical (unpaired) electrons. The van der Waals surface area contributed by atoms with E-state index in [0.29, 0.717) is 58.2 Å². The second kappa shape index (κ2) is 11.7. The van der Waals surface area contributed by atoms with E-state index in [1.807, 2.05) is 29.2 Å². The highest BCUT2D eigenvalue weighted by molar-refractivity contribution is 7.22. The molecule has 5 rings (SSSR count). The summed E-state index contributed by atoms with van der Waals surface area (Å²) < 4.78 is 19.6. The number of carbonyl (C=O) groups is 2. The number of aryl methyl sites for hydroxylation is 1. The Morgan fingerprint density at radius 2 is 1.95 bits per heavy atom. The van der Waals surface area contributed by atoms with Gasteiger partial charge in [0.05, 0.1) is 36.2 Å². The van der Waals surface area contributed by atoms with Crippen molar-refractivity contribution in [1.82, 2.24) is 19.7 Å². The van der Waals surface area contributed by atoms with Crippen LogP contribution in [0.2, 0.25) is 0 Å². The van der Waals surface area contributed by atoms with Gasteiger partial charge in [-0.2, -0.15) is 5.10 Å². The molecule has 11 nitrogen and oxygen atoms in total. The van der Waals surface area contributed by atoms with E-state index in [1.54, 1.807) is 25.6 Å². The lowest BCUT2D eigenvalue weighted by molar-refractivity contribution is -0.142. The summed E-state index contributed by atoms with van der Waals surface area (Å²) in [6, 6.07) is 7.55.